The van der Waals surface area contributed by atoms with Crippen molar-refractivity contribution in [3.05, 3.63) is 46.7 Å². The molecular weight excluding hydrogens is 302 g/mol. The topological polar surface area (TPSA) is 63.6 Å². The van der Waals surface area contributed by atoms with Gasteiger partial charge in [-0.1, -0.05) is 38.1 Å². The number of rotatable bonds is 1. The van der Waals surface area contributed by atoms with E-state index in [1.807, 2.05) is 13.8 Å². The standard InChI is InChI=1S/C20H19NO3/c1-10(2)15-16-13(8-5-9-14(16)22)21-18-17(15)19(23)11-6-3-4-7-12(11)20(18)24/h3-4,6-7,10,15-16H,5,8-9H2,1-2H3. The van der Waals surface area contributed by atoms with Crippen LogP contribution in [0.4, 0.5) is 0 Å². The van der Waals surface area contributed by atoms with Gasteiger partial charge in [0.25, 0.3) is 0 Å². The third kappa shape index (κ3) is 1.98. The molecule has 1 aromatic rings. The Hall–Kier alpha value is -2.36. The number of ketones is 3. The highest BCUT2D eigenvalue weighted by atomic mass is 16.1. The van der Waals surface area contributed by atoms with Crippen molar-refractivity contribution in [1.29, 1.82) is 0 Å². The molecule has 1 aromatic carbocycles. The van der Waals surface area contributed by atoms with Gasteiger partial charge in [-0.2, -0.15) is 0 Å². The van der Waals surface area contributed by atoms with Crippen molar-refractivity contribution in [3.8, 4) is 0 Å². The molecule has 2 unspecified atom stereocenters. The van der Waals surface area contributed by atoms with E-state index in [1.165, 1.54) is 0 Å². The third-order valence-corrected chi connectivity index (χ3v) is 5.36. The second-order valence-corrected chi connectivity index (χ2v) is 7.14. The molecule has 1 saturated carbocycles. The number of aliphatic imine (C=N–C) groups is 1. The molecule has 2 atom stereocenters. The Balaban J connectivity index is 1.95. The van der Waals surface area contributed by atoms with Crippen LogP contribution in [0.2, 0.25) is 0 Å². The van der Waals surface area contributed by atoms with Crippen LogP contribution in [0.25, 0.3) is 0 Å². The van der Waals surface area contributed by atoms with Crippen LogP contribution in [0.5, 0.6) is 0 Å². The van der Waals surface area contributed by atoms with Gasteiger partial charge in [0.15, 0.2) is 5.78 Å². The van der Waals surface area contributed by atoms with Gasteiger partial charge in [-0.3, -0.25) is 19.4 Å². The molecule has 3 aliphatic rings. The van der Waals surface area contributed by atoms with Crippen LogP contribution in [0.3, 0.4) is 0 Å². The summed E-state index contributed by atoms with van der Waals surface area (Å²) in [6, 6.07) is 6.91. The van der Waals surface area contributed by atoms with Gasteiger partial charge in [0.05, 0.1) is 5.92 Å². The Morgan fingerprint density at radius 2 is 1.67 bits per heavy atom. The first-order chi connectivity index (χ1) is 11.5. The fourth-order valence-corrected chi connectivity index (χ4v) is 4.30. The number of carbonyl (C=O) groups excluding carboxylic acids is 3. The van der Waals surface area contributed by atoms with Crippen LogP contribution in [0.15, 0.2) is 40.5 Å². The molecule has 0 radical (unpaired) electrons. The van der Waals surface area contributed by atoms with Crippen molar-refractivity contribution in [1.82, 2.24) is 0 Å². The Kier molecular flexibility index (Phi) is 3.37. The maximum absolute atomic E-state index is 13.1. The fourth-order valence-electron chi connectivity index (χ4n) is 4.30. The van der Waals surface area contributed by atoms with Gasteiger partial charge in [-0.25, -0.2) is 0 Å². The van der Waals surface area contributed by atoms with Gasteiger partial charge in [0.2, 0.25) is 5.78 Å². The monoisotopic (exact) mass is 321 g/mol. The molecule has 4 nitrogen and oxygen atoms in total. The van der Waals surface area contributed by atoms with Crippen molar-refractivity contribution in [2.45, 2.75) is 33.1 Å². The zero-order chi connectivity index (χ0) is 17.0. The first-order valence-electron chi connectivity index (χ1n) is 8.53. The summed E-state index contributed by atoms with van der Waals surface area (Å²) in [4.78, 5) is 43.1. The molecule has 0 aromatic heterocycles. The van der Waals surface area contributed by atoms with Gasteiger partial charge >= 0.3 is 0 Å². The SMILES string of the molecule is CC(C)C1C2=C(N=C3CCCC(=O)C31)C(=O)c1ccccc1C2=O. The Bertz CT molecular complexity index is 844. The maximum Gasteiger partial charge on any atom is 0.212 e. The molecule has 4 rings (SSSR count). The van der Waals surface area contributed by atoms with Gasteiger partial charge in [-0.05, 0) is 18.8 Å². The number of Topliss-reactive ketones (excluding diaryl/α,β-unsaturated/α-hetero) is 3. The molecule has 1 aliphatic heterocycles. The van der Waals surface area contributed by atoms with E-state index in [-0.39, 0.29) is 40.8 Å². The molecule has 2 aliphatic carbocycles. The van der Waals surface area contributed by atoms with Crippen LogP contribution in [0, 0.1) is 17.8 Å². The molecule has 0 spiro atoms. The molecule has 0 N–H and O–H groups in total. The van der Waals surface area contributed by atoms with E-state index in [4.69, 9.17) is 0 Å². The molecular formula is C20H19NO3. The minimum Gasteiger partial charge on any atom is -0.299 e. The van der Waals surface area contributed by atoms with Crippen molar-refractivity contribution < 1.29 is 14.4 Å². The van der Waals surface area contributed by atoms with Crippen molar-refractivity contribution in [3.63, 3.8) is 0 Å². The van der Waals surface area contributed by atoms with Gasteiger partial charge in [-0.15, -0.1) is 0 Å². The largest absolute Gasteiger partial charge is 0.299 e. The Morgan fingerprint density at radius 3 is 2.33 bits per heavy atom. The lowest BCUT2D eigenvalue weighted by molar-refractivity contribution is -0.123. The van der Waals surface area contributed by atoms with Crippen molar-refractivity contribution in [2.24, 2.45) is 22.7 Å². The highest BCUT2D eigenvalue weighted by Gasteiger charge is 2.47. The van der Waals surface area contributed by atoms with Crippen LogP contribution < -0.4 is 0 Å². The molecule has 122 valence electrons. The number of nitrogens with zero attached hydrogens (tertiary/aromatic N) is 1. The highest BCUT2D eigenvalue weighted by molar-refractivity contribution is 6.29. The molecule has 4 heteroatoms. The van der Waals surface area contributed by atoms with E-state index < -0.39 is 0 Å². The Morgan fingerprint density at radius 1 is 1.00 bits per heavy atom. The summed E-state index contributed by atoms with van der Waals surface area (Å²) < 4.78 is 0. The summed E-state index contributed by atoms with van der Waals surface area (Å²) in [6.45, 7) is 4.02. The lowest BCUT2D eigenvalue weighted by atomic mass is 9.65. The van der Waals surface area contributed by atoms with Gasteiger partial charge in [0, 0.05) is 34.8 Å². The summed E-state index contributed by atoms with van der Waals surface area (Å²) in [5.74, 6) is -0.654. The third-order valence-electron chi connectivity index (χ3n) is 5.36. The average molecular weight is 321 g/mol. The number of fused-ring (bicyclic) bond motifs is 2. The van der Waals surface area contributed by atoms with Crippen LogP contribution >= 0.6 is 0 Å². The average Bonchev–Trinajstić information content (AvgIpc) is 2.58. The van der Waals surface area contributed by atoms with Gasteiger partial charge in [0.1, 0.15) is 11.5 Å². The minimum atomic E-state index is -0.334. The summed E-state index contributed by atoms with van der Waals surface area (Å²) in [7, 11) is 0. The lowest BCUT2D eigenvalue weighted by Crippen LogP contribution is -2.44. The molecule has 1 fully saturated rings. The summed E-state index contributed by atoms with van der Waals surface area (Å²) >= 11 is 0. The van der Waals surface area contributed by atoms with Gasteiger partial charge < -0.3 is 0 Å². The van der Waals surface area contributed by atoms with E-state index in [0.29, 0.717) is 23.1 Å². The number of carbonyl (C=O) groups is 3. The normalized spacial score (nSPS) is 26.1. The summed E-state index contributed by atoms with van der Waals surface area (Å²) in [5.41, 5.74) is 2.39. The van der Waals surface area contributed by atoms with Crippen molar-refractivity contribution >= 4 is 23.1 Å². The van der Waals surface area contributed by atoms with E-state index in [0.717, 1.165) is 18.6 Å². The van der Waals surface area contributed by atoms with E-state index >= 15 is 0 Å². The highest BCUT2D eigenvalue weighted by Crippen LogP contribution is 2.44. The van der Waals surface area contributed by atoms with E-state index in [9.17, 15) is 14.4 Å². The molecule has 1 heterocycles. The van der Waals surface area contributed by atoms with Crippen molar-refractivity contribution in [2.75, 3.05) is 0 Å². The summed E-state index contributed by atoms with van der Waals surface area (Å²) in [5, 5.41) is 0. The molecule has 0 bridgehead atoms. The number of hydrogen-bond donors (Lipinski definition) is 0. The van der Waals surface area contributed by atoms with E-state index in [2.05, 4.69) is 4.99 Å². The zero-order valence-electron chi connectivity index (χ0n) is 13.8. The fraction of sp³-hybridized carbons (Fsp3) is 0.400. The van der Waals surface area contributed by atoms with Crippen LogP contribution in [-0.2, 0) is 4.79 Å². The quantitative estimate of drug-likeness (QED) is 0.796. The second-order valence-electron chi connectivity index (χ2n) is 7.14. The smallest absolute Gasteiger partial charge is 0.212 e. The maximum atomic E-state index is 13.1. The first kappa shape index (κ1) is 15.2. The predicted molar refractivity (Wildman–Crippen MR) is 90.2 cm³/mol. The lowest BCUT2D eigenvalue weighted by Gasteiger charge is -2.39. The molecule has 24 heavy (non-hydrogen) atoms. The van der Waals surface area contributed by atoms with E-state index in [1.54, 1.807) is 24.3 Å². The zero-order valence-corrected chi connectivity index (χ0v) is 13.8. The Labute approximate surface area is 140 Å². The van der Waals surface area contributed by atoms with Crippen LogP contribution in [-0.4, -0.2) is 23.1 Å². The summed E-state index contributed by atoms with van der Waals surface area (Å²) in [6.07, 6.45) is 2.05. The number of benzene rings is 1. The minimum absolute atomic E-state index is 0.0922. The molecule has 0 amide bonds. The first-order valence-corrected chi connectivity index (χ1v) is 8.53. The predicted octanol–water partition coefficient (Wildman–Crippen LogP) is 3.42. The van der Waals surface area contributed by atoms with Crippen LogP contribution in [0.1, 0.15) is 53.8 Å². The number of allylic oxidation sites excluding steroid dienone is 2. The second kappa shape index (κ2) is 5.33. The molecule has 0 saturated heterocycles. The number of hydrogen-bond acceptors (Lipinski definition) is 4.